The maximum absolute atomic E-state index is 12.9. The summed E-state index contributed by atoms with van der Waals surface area (Å²) in [7, 11) is -4.52. The van der Waals surface area contributed by atoms with Gasteiger partial charge in [-0.25, -0.2) is 8.42 Å². The molecular weight excluding hydrogens is 425 g/mol. The molecule has 0 bridgehead atoms. The first-order valence-electron chi connectivity index (χ1n) is 7.76. The lowest BCUT2D eigenvalue weighted by Gasteiger charge is -2.24. The van der Waals surface area contributed by atoms with Crippen LogP contribution in [0.3, 0.4) is 0 Å². The van der Waals surface area contributed by atoms with Crippen molar-refractivity contribution < 1.29 is 8.42 Å². The third-order valence-electron chi connectivity index (χ3n) is 4.27. The first-order chi connectivity index (χ1) is 10.1. The molecule has 1 aliphatic rings. The van der Waals surface area contributed by atoms with Crippen molar-refractivity contribution in [3.63, 3.8) is 0 Å². The average Bonchev–Trinajstić information content (AvgIpc) is 2.80. The van der Waals surface area contributed by atoms with Gasteiger partial charge in [-0.3, -0.25) is 0 Å². The van der Waals surface area contributed by atoms with E-state index in [4.69, 9.17) is 0 Å². The van der Waals surface area contributed by atoms with Gasteiger partial charge in [-0.2, -0.15) is 4.31 Å². The Labute approximate surface area is 149 Å². The molecule has 2 rings (SSSR count). The molecule has 1 heterocycles. The molecule has 0 N–H and O–H groups in total. The molecule has 1 fully saturated rings. The third kappa shape index (κ3) is 4.33. The molecule has 0 amide bonds. The van der Waals surface area contributed by atoms with Crippen molar-refractivity contribution >= 4 is 40.7 Å². The van der Waals surface area contributed by atoms with Crippen molar-refractivity contribution in [1.29, 1.82) is 0 Å². The van der Waals surface area contributed by atoms with Gasteiger partial charge >= 0.3 is 0 Å². The Kier molecular flexibility index (Phi) is 5.78. The van der Waals surface area contributed by atoms with E-state index in [1.54, 1.807) is 16.4 Å². The van der Waals surface area contributed by atoms with Crippen LogP contribution in [0.1, 0.15) is 5.56 Å². The molecular formula is C16H26INO2SSi. The number of rotatable bonds is 5. The van der Waals surface area contributed by atoms with Crippen LogP contribution in [-0.2, 0) is 10.0 Å². The summed E-state index contributed by atoms with van der Waals surface area (Å²) < 4.78 is 28.5. The van der Waals surface area contributed by atoms with Crippen molar-refractivity contribution in [2.45, 2.75) is 37.5 Å². The number of hydrogen-bond acceptors (Lipinski definition) is 2. The first kappa shape index (κ1) is 18.4. The van der Waals surface area contributed by atoms with Gasteiger partial charge in [-0.1, -0.05) is 66.0 Å². The topological polar surface area (TPSA) is 37.4 Å². The third-order valence-corrected chi connectivity index (χ3v) is 9.00. The molecule has 1 saturated heterocycles. The molecule has 1 aliphatic heterocycles. The van der Waals surface area contributed by atoms with E-state index in [0.717, 1.165) is 9.99 Å². The Morgan fingerprint density at radius 2 is 1.68 bits per heavy atom. The Morgan fingerprint density at radius 3 is 2.18 bits per heavy atom. The molecule has 0 saturated carbocycles. The highest BCUT2D eigenvalue weighted by atomic mass is 127. The van der Waals surface area contributed by atoms with Crippen LogP contribution >= 0.6 is 22.6 Å². The van der Waals surface area contributed by atoms with Crippen molar-refractivity contribution in [3.05, 3.63) is 29.8 Å². The van der Waals surface area contributed by atoms with Gasteiger partial charge in [0.2, 0.25) is 10.0 Å². The molecule has 0 radical (unpaired) electrons. The predicted octanol–water partition coefficient (Wildman–Crippen LogP) is 4.00. The van der Waals surface area contributed by atoms with Crippen molar-refractivity contribution in [3.8, 4) is 0 Å². The van der Waals surface area contributed by atoms with E-state index in [1.807, 2.05) is 19.1 Å². The van der Waals surface area contributed by atoms with E-state index >= 15 is 0 Å². The van der Waals surface area contributed by atoms with E-state index in [0.29, 0.717) is 29.8 Å². The monoisotopic (exact) mass is 451 g/mol. The smallest absolute Gasteiger partial charge is 0.207 e. The summed E-state index contributed by atoms with van der Waals surface area (Å²) in [5.41, 5.74) is 1.09. The second kappa shape index (κ2) is 6.90. The molecule has 1 aromatic carbocycles. The zero-order valence-electron chi connectivity index (χ0n) is 13.8. The number of sulfonamides is 1. The highest BCUT2D eigenvalue weighted by Crippen LogP contribution is 2.35. The van der Waals surface area contributed by atoms with Crippen LogP contribution in [0, 0.1) is 18.8 Å². The number of alkyl halides is 1. The first-order valence-corrected chi connectivity index (χ1v) is 14.4. The van der Waals surface area contributed by atoms with Crippen LogP contribution in [-0.4, -0.2) is 38.3 Å². The average molecular weight is 451 g/mol. The normalized spacial score (nSPS) is 23.9. The van der Waals surface area contributed by atoms with Gasteiger partial charge in [0.25, 0.3) is 0 Å². The Bertz CT molecular complexity index is 610. The van der Waals surface area contributed by atoms with Gasteiger partial charge in [-0.05, 0) is 30.9 Å². The van der Waals surface area contributed by atoms with Crippen LogP contribution in [0.4, 0.5) is 0 Å². The number of halogens is 1. The van der Waals surface area contributed by atoms with Crippen LogP contribution in [0.25, 0.3) is 0 Å². The predicted molar refractivity (Wildman–Crippen MR) is 104 cm³/mol. The van der Waals surface area contributed by atoms with Crippen molar-refractivity contribution in [2.75, 3.05) is 17.5 Å². The Morgan fingerprint density at radius 1 is 1.14 bits per heavy atom. The molecule has 0 aliphatic carbocycles. The Balaban J connectivity index is 2.21. The summed E-state index contributed by atoms with van der Waals surface area (Å²) in [6.07, 6.45) is 0. The lowest BCUT2D eigenvalue weighted by Crippen LogP contribution is -2.30. The second-order valence-corrected chi connectivity index (χ2v) is 15.9. The van der Waals surface area contributed by atoms with Crippen LogP contribution in [0.5, 0.6) is 0 Å². The minimum absolute atomic E-state index is 0.430. The van der Waals surface area contributed by atoms with Crippen molar-refractivity contribution in [2.24, 2.45) is 11.8 Å². The zero-order chi connectivity index (χ0) is 16.5. The maximum Gasteiger partial charge on any atom is 0.243 e. The zero-order valence-corrected chi connectivity index (χ0v) is 17.8. The SMILES string of the molecule is Cc1ccc(S(=O)(=O)N2C[C@@H](CI)[C@@H](C[Si](C)(C)C)C2)cc1. The summed E-state index contributed by atoms with van der Waals surface area (Å²) >= 11 is 2.41. The fraction of sp³-hybridized carbons (Fsp3) is 0.625. The second-order valence-electron chi connectivity index (χ2n) is 7.57. The highest BCUT2D eigenvalue weighted by molar-refractivity contribution is 14.1. The fourth-order valence-electron chi connectivity index (χ4n) is 3.14. The number of benzene rings is 1. The minimum Gasteiger partial charge on any atom is -0.207 e. The van der Waals surface area contributed by atoms with Gasteiger partial charge < -0.3 is 0 Å². The van der Waals surface area contributed by atoms with Crippen LogP contribution in [0.15, 0.2) is 29.2 Å². The number of aryl methyl sites for hydroxylation is 1. The standard InChI is InChI=1S/C16H26INO2SSi/c1-13-5-7-16(8-6-13)21(19,20)18-10-14(9-17)15(11-18)12-22(2,3)4/h5-8,14-15H,9-12H2,1-4H3/t14-,15-/m1/s1. The van der Waals surface area contributed by atoms with Crippen LogP contribution in [0.2, 0.25) is 25.7 Å². The van der Waals surface area contributed by atoms with E-state index in [1.165, 1.54) is 6.04 Å². The van der Waals surface area contributed by atoms with Gasteiger partial charge in [0.15, 0.2) is 0 Å². The molecule has 124 valence electrons. The number of nitrogens with zero attached hydrogens (tertiary/aromatic N) is 1. The molecule has 22 heavy (non-hydrogen) atoms. The molecule has 0 unspecified atom stereocenters. The molecule has 0 spiro atoms. The number of hydrogen-bond donors (Lipinski definition) is 0. The van der Waals surface area contributed by atoms with Gasteiger partial charge in [0.1, 0.15) is 0 Å². The molecule has 3 nitrogen and oxygen atoms in total. The van der Waals surface area contributed by atoms with E-state index < -0.39 is 18.1 Å². The van der Waals surface area contributed by atoms with E-state index in [2.05, 4.69) is 42.2 Å². The summed E-state index contributed by atoms with van der Waals surface area (Å²) in [6, 6.07) is 8.42. The summed E-state index contributed by atoms with van der Waals surface area (Å²) in [5.74, 6) is 1.01. The van der Waals surface area contributed by atoms with Crippen LogP contribution < -0.4 is 0 Å². The van der Waals surface area contributed by atoms with Gasteiger partial charge in [-0.15, -0.1) is 0 Å². The quantitative estimate of drug-likeness (QED) is 0.386. The van der Waals surface area contributed by atoms with Crippen molar-refractivity contribution in [1.82, 2.24) is 4.31 Å². The maximum atomic E-state index is 12.9. The lowest BCUT2D eigenvalue weighted by atomic mass is 10.0. The fourth-order valence-corrected chi connectivity index (χ4v) is 7.73. The Hall–Kier alpha value is 0.0769. The summed E-state index contributed by atoms with van der Waals surface area (Å²) in [5, 5.41) is 0. The molecule has 0 aromatic heterocycles. The molecule has 1 aromatic rings. The lowest BCUT2D eigenvalue weighted by molar-refractivity contribution is 0.463. The van der Waals surface area contributed by atoms with E-state index in [9.17, 15) is 8.42 Å². The molecule has 2 atom stereocenters. The van der Waals surface area contributed by atoms with E-state index in [-0.39, 0.29) is 0 Å². The largest absolute Gasteiger partial charge is 0.243 e. The van der Waals surface area contributed by atoms with Gasteiger partial charge in [0, 0.05) is 25.6 Å². The molecule has 6 heteroatoms. The minimum atomic E-state index is -3.34. The highest BCUT2D eigenvalue weighted by Gasteiger charge is 2.40. The summed E-state index contributed by atoms with van der Waals surface area (Å²) in [6.45, 7) is 10.4. The van der Waals surface area contributed by atoms with Gasteiger partial charge in [0.05, 0.1) is 4.90 Å². The summed E-state index contributed by atoms with van der Waals surface area (Å²) in [4.78, 5) is 0.430.